The molecule has 2 aliphatic carbocycles. The van der Waals surface area contributed by atoms with E-state index >= 15 is 0 Å². The fraction of sp³-hybridized carbons (Fsp3) is 0.600. The molecule has 0 radical (unpaired) electrons. The molecule has 2 N–H and O–H groups in total. The van der Waals surface area contributed by atoms with E-state index < -0.39 is 0 Å². The van der Waals surface area contributed by atoms with Gasteiger partial charge in [-0.15, -0.1) is 0 Å². The van der Waals surface area contributed by atoms with Crippen LogP contribution in [0.5, 0.6) is 0 Å². The molecule has 2 fully saturated rings. The summed E-state index contributed by atoms with van der Waals surface area (Å²) in [6.45, 7) is 3.52. The van der Waals surface area contributed by atoms with Gasteiger partial charge in [0.2, 0.25) is 0 Å². The number of halogens is 1. The molecule has 2 saturated carbocycles. The molecule has 0 atom stereocenters. The van der Waals surface area contributed by atoms with Crippen LogP contribution < -0.4 is 5.73 Å². The van der Waals surface area contributed by atoms with Crippen molar-refractivity contribution in [3.63, 3.8) is 0 Å². The summed E-state index contributed by atoms with van der Waals surface area (Å²) in [7, 11) is 0. The summed E-state index contributed by atoms with van der Waals surface area (Å²) in [5.41, 5.74) is 8.29. The molecule has 0 amide bonds. The summed E-state index contributed by atoms with van der Waals surface area (Å²) in [5, 5.41) is 0. The Balaban J connectivity index is 1.69. The number of hydrogen-bond donors (Lipinski definition) is 1. The first-order valence-electron chi connectivity index (χ1n) is 6.97. The van der Waals surface area contributed by atoms with E-state index in [9.17, 15) is 0 Å². The van der Waals surface area contributed by atoms with Crippen LogP contribution in [0.2, 0.25) is 0 Å². The van der Waals surface area contributed by atoms with Crippen molar-refractivity contribution >= 4 is 21.6 Å². The van der Waals surface area contributed by atoms with E-state index in [1.165, 1.54) is 44.3 Å². The average molecular weight is 309 g/mol. The largest absolute Gasteiger partial charge is 0.398 e. The normalized spacial score (nSPS) is 19.4. The second-order valence-electron chi connectivity index (χ2n) is 5.89. The second kappa shape index (κ2) is 5.22. The molecule has 1 aromatic carbocycles. The van der Waals surface area contributed by atoms with Gasteiger partial charge in [-0.1, -0.05) is 22.0 Å². The zero-order chi connectivity index (χ0) is 12.5. The molecule has 0 spiro atoms. The Bertz CT molecular complexity index is 390. The molecule has 1 aromatic rings. The van der Waals surface area contributed by atoms with Gasteiger partial charge < -0.3 is 5.73 Å². The minimum Gasteiger partial charge on any atom is -0.398 e. The van der Waals surface area contributed by atoms with E-state index in [2.05, 4.69) is 26.9 Å². The lowest BCUT2D eigenvalue weighted by Crippen LogP contribution is -2.28. The molecule has 2 nitrogen and oxygen atoms in total. The van der Waals surface area contributed by atoms with Crippen LogP contribution in [0.1, 0.15) is 31.2 Å². The fourth-order valence-corrected chi connectivity index (χ4v) is 3.01. The van der Waals surface area contributed by atoms with Gasteiger partial charge in [0.15, 0.2) is 0 Å². The van der Waals surface area contributed by atoms with Crippen molar-refractivity contribution in [2.45, 2.75) is 32.2 Å². The van der Waals surface area contributed by atoms with Gasteiger partial charge in [0.25, 0.3) is 0 Å². The topological polar surface area (TPSA) is 29.3 Å². The molecule has 3 rings (SSSR count). The van der Waals surface area contributed by atoms with Crippen LogP contribution in [-0.2, 0) is 6.54 Å². The minimum absolute atomic E-state index is 0.918. The third-order valence-corrected chi connectivity index (χ3v) is 4.71. The Labute approximate surface area is 118 Å². The Kier molecular flexibility index (Phi) is 3.62. The SMILES string of the molecule is Nc1cccc(Br)c1CN(CC1CC1)CC1CC1. The van der Waals surface area contributed by atoms with Crippen LogP contribution in [0.4, 0.5) is 5.69 Å². The smallest absolute Gasteiger partial charge is 0.0371 e. The highest BCUT2D eigenvalue weighted by Crippen LogP contribution is 2.35. The molecule has 0 aromatic heterocycles. The first-order chi connectivity index (χ1) is 8.72. The lowest BCUT2D eigenvalue weighted by molar-refractivity contribution is 0.244. The zero-order valence-corrected chi connectivity index (χ0v) is 12.3. The third kappa shape index (κ3) is 3.27. The van der Waals surface area contributed by atoms with Crippen LogP contribution in [-0.4, -0.2) is 18.0 Å². The Morgan fingerprint density at radius 1 is 1.11 bits per heavy atom. The first-order valence-corrected chi connectivity index (χ1v) is 7.77. The van der Waals surface area contributed by atoms with Gasteiger partial charge in [0, 0.05) is 35.4 Å². The maximum absolute atomic E-state index is 6.11. The highest BCUT2D eigenvalue weighted by Gasteiger charge is 2.29. The predicted octanol–water partition coefficient (Wildman–Crippen LogP) is 3.65. The Hall–Kier alpha value is -0.540. The Morgan fingerprint density at radius 3 is 2.22 bits per heavy atom. The summed E-state index contributed by atoms with van der Waals surface area (Å²) >= 11 is 3.63. The summed E-state index contributed by atoms with van der Waals surface area (Å²) in [5.74, 6) is 1.90. The quantitative estimate of drug-likeness (QED) is 0.813. The van der Waals surface area contributed by atoms with Crippen LogP contribution in [0.3, 0.4) is 0 Å². The van der Waals surface area contributed by atoms with Gasteiger partial charge in [-0.25, -0.2) is 0 Å². The zero-order valence-electron chi connectivity index (χ0n) is 10.7. The molecule has 98 valence electrons. The second-order valence-corrected chi connectivity index (χ2v) is 6.74. The monoisotopic (exact) mass is 308 g/mol. The van der Waals surface area contributed by atoms with Crippen molar-refractivity contribution in [1.29, 1.82) is 0 Å². The van der Waals surface area contributed by atoms with Crippen molar-refractivity contribution in [2.75, 3.05) is 18.8 Å². The first kappa shape index (κ1) is 12.5. The van der Waals surface area contributed by atoms with E-state index in [0.717, 1.165) is 28.5 Å². The third-order valence-electron chi connectivity index (χ3n) is 3.96. The van der Waals surface area contributed by atoms with E-state index in [1.807, 2.05) is 12.1 Å². The van der Waals surface area contributed by atoms with Crippen molar-refractivity contribution in [3.8, 4) is 0 Å². The number of benzene rings is 1. The summed E-state index contributed by atoms with van der Waals surface area (Å²) in [4.78, 5) is 2.62. The number of anilines is 1. The Morgan fingerprint density at radius 2 is 1.72 bits per heavy atom. The van der Waals surface area contributed by atoms with Gasteiger partial charge in [0.05, 0.1) is 0 Å². The number of nitrogen functional groups attached to an aromatic ring is 1. The molecular formula is C15H21BrN2. The van der Waals surface area contributed by atoms with Crippen LogP contribution >= 0.6 is 15.9 Å². The number of rotatable bonds is 6. The van der Waals surface area contributed by atoms with Crippen molar-refractivity contribution in [3.05, 3.63) is 28.2 Å². The van der Waals surface area contributed by atoms with E-state index in [-0.39, 0.29) is 0 Å². The van der Waals surface area contributed by atoms with Crippen LogP contribution in [0.15, 0.2) is 22.7 Å². The summed E-state index contributed by atoms with van der Waals surface area (Å²) in [6.07, 6.45) is 5.69. The van der Waals surface area contributed by atoms with Crippen molar-refractivity contribution in [1.82, 2.24) is 4.90 Å². The number of hydrogen-bond acceptors (Lipinski definition) is 2. The predicted molar refractivity (Wildman–Crippen MR) is 79.3 cm³/mol. The maximum atomic E-state index is 6.11. The van der Waals surface area contributed by atoms with E-state index in [1.54, 1.807) is 0 Å². The molecule has 0 bridgehead atoms. The van der Waals surface area contributed by atoms with Crippen molar-refractivity contribution < 1.29 is 0 Å². The average Bonchev–Trinajstić information content (AvgIpc) is 3.19. The molecule has 0 heterocycles. The molecule has 18 heavy (non-hydrogen) atoms. The minimum atomic E-state index is 0.918. The number of nitrogens with zero attached hydrogens (tertiary/aromatic N) is 1. The lowest BCUT2D eigenvalue weighted by atomic mass is 10.1. The lowest BCUT2D eigenvalue weighted by Gasteiger charge is -2.23. The van der Waals surface area contributed by atoms with Gasteiger partial charge >= 0.3 is 0 Å². The van der Waals surface area contributed by atoms with Crippen LogP contribution in [0, 0.1) is 11.8 Å². The van der Waals surface area contributed by atoms with Crippen molar-refractivity contribution in [2.24, 2.45) is 11.8 Å². The fourth-order valence-electron chi connectivity index (χ4n) is 2.50. The number of nitrogens with two attached hydrogens (primary N) is 1. The molecule has 0 saturated heterocycles. The van der Waals surface area contributed by atoms with Crippen LogP contribution in [0.25, 0.3) is 0 Å². The van der Waals surface area contributed by atoms with Gasteiger partial charge in [0.1, 0.15) is 0 Å². The van der Waals surface area contributed by atoms with E-state index in [0.29, 0.717) is 0 Å². The standard InChI is InChI=1S/C15H21BrN2/c16-14-2-1-3-15(17)13(14)10-18(8-11-4-5-11)9-12-6-7-12/h1-3,11-12H,4-10,17H2. The maximum Gasteiger partial charge on any atom is 0.0371 e. The highest BCUT2D eigenvalue weighted by atomic mass is 79.9. The molecule has 3 heteroatoms. The molecule has 2 aliphatic rings. The summed E-state index contributed by atoms with van der Waals surface area (Å²) < 4.78 is 1.15. The van der Waals surface area contributed by atoms with Gasteiger partial charge in [-0.05, 0) is 49.7 Å². The van der Waals surface area contributed by atoms with E-state index in [4.69, 9.17) is 5.73 Å². The van der Waals surface area contributed by atoms with Gasteiger partial charge in [-0.3, -0.25) is 4.90 Å². The molecular weight excluding hydrogens is 288 g/mol. The molecule has 0 unspecified atom stereocenters. The van der Waals surface area contributed by atoms with Gasteiger partial charge in [-0.2, -0.15) is 0 Å². The highest BCUT2D eigenvalue weighted by molar-refractivity contribution is 9.10. The molecule has 0 aliphatic heterocycles. The summed E-state index contributed by atoms with van der Waals surface area (Å²) in [6, 6.07) is 6.11.